The predicted molar refractivity (Wildman–Crippen MR) is 94.9 cm³/mol. The first-order valence-electron chi connectivity index (χ1n) is 7.99. The van der Waals surface area contributed by atoms with Crippen molar-refractivity contribution < 1.29 is 26.3 Å². The van der Waals surface area contributed by atoms with Crippen molar-refractivity contribution in [2.75, 3.05) is 0 Å². The lowest BCUT2D eigenvalue weighted by molar-refractivity contribution is -0.138. The van der Waals surface area contributed by atoms with Crippen LogP contribution in [-0.2, 0) is 12.4 Å². The van der Waals surface area contributed by atoms with Crippen LogP contribution in [0.3, 0.4) is 0 Å². The van der Waals surface area contributed by atoms with Gasteiger partial charge in [-0.05, 0) is 48.4 Å². The van der Waals surface area contributed by atoms with E-state index in [9.17, 15) is 26.3 Å². The fourth-order valence-corrected chi connectivity index (χ4v) is 3.04. The topological polar surface area (TPSA) is 12.9 Å². The van der Waals surface area contributed by atoms with Gasteiger partial charge in [0.1, 0.15) is 5.15 Å². The van der Waals surface area contributed by atoms with E-state index in [-0.39, 0.29) is 5.15 Å². The van der Waals surface area contributed by atoms with Gasteiger partial charge in [-0.1, -0.05) is 35.9 Å². The average Bonchev–Trinajstić information content (AvgIpc) is 2.61. The van der Waals surface area contributed by atoms with Gasteiger partial charge >= 0.3 is 12.4 Å². The van der Waals surface area contributed by atoms with Gasteiger partial charge in [0.25, 0.3) is 0 Å². The van der Waals surface area contributed by atoms with Crippen LogP contribution in [0.2, 0.25) is 5.15 Å². The van der Waals surface area contributed by atoms with Gasteiger partial charge < -0.3 is 0 Å². The lowest BCUT2D eigenvalue weighted by atomic mass is 9.98. The van der Waals surface area contributed by atoms with Crippen molar-refractivity contribution in [1.29, 1.82) is 0 Å². The number of benzene rings is 2. The number of hydrogen-bond donors (Lipinski definition) is 0. The molecule has 1 nitrogen and oxygen atoms in total. The molecule has 0 aliphatic rings. The van der Waals surface area contributed by atoms with Crippen LogP contribution in [0.1, 0.15) is 16.8 Å². The molecule has 3 aromatic rings. The summed E-state index contributed by atoms with van der Waals surface area (Å²) >= 11 is 6.16. The van der Waals surface area contributed by atoms with E-state index in [0.717, 1.165) is 24.3 Å². The van der Waals surface area contributed by atoms with Gasteiger partial charge in [0.05, 0.1) is 11.1 Å². The molecule has 0 atom stereocenters. The third-order valence-electron chi connectivity index (χ3n) is 4.21. The summed E-state index contributed by atoms with van der Waals surface area (Å²) in [7, 11) is 0. The number of hydrogen-bond acceptors (Lipinski definition) is 1. The molecule has 0 fully saturated rings. The highest BCUT2D eigenvalue weighted by molar-refractivity contribution is 6.32. The summed E-state index contributed by atoms with van der Waals surface area (Å²) in [6, 6.07) is 10.6. The zero-order valence-electron chi connectivity index (χ0n) is 14.3. The lowest BCUT2D eigenvalue weighted by Crippen LogP contribution is -2.04. The molecular weight excluding hydrogens is 404 g/mol. The molecule has 0 aliphatic carbocycles. The van der Waals surface area contributed by atoms with E-state index in [2.05, 4.69) is 4.98 Å². The minimum Gasteiger partial charge on any atom is -0.240 e. The van der Waals surface area contributed by atoms with Crippen molar-refractivity contribution in [3.8, 4) is 22.3 Å². The highest BCUT2D eigenvalue weighted by Gasteiger charge is 2.31. The van der Waals surface area contributed by atoms with Gasteiger partial charge in [-0.15, -0.1) is 0 Å². The lowest BCUT2D eigenvalue weighted by Gasteiger charge is -2.13. The third-order valence-corrected chi connectivity index (χ3v) is 4.50. The van der Waals surface area contributed by atoms with Crippen molar-refractivity contribution >= 4 is 11.6 Å². The molecule has 0 amide bonds. The number of aryl methyl sites for hydroxylation is 1. The van der Waals surface area contributed by atoms with Gasteiger partial charge in [0.2, 0.25) is 0 Å². The summed E-state index contributed by atoms with van der Waals surface area (Å²) in [5.74, 6) is 0. The maximum atomic E-state index is 12.7. The van der Waals surface area contributed by atoms with Crippen LogP contribution in [-0.4, -0.2) is 4.98 Å². The molecular formula is C20H12ClF6N. The van der Waals surface area contributed by atoms with Gasteiger partial charge in [-0.3, -0.25) is 0 Å². The molecule has 0 bridgehead atoms. The van der Waals surface area contributed by atoms with Gasteiger partial charge in [-0.25, -0.2) is 4.98 Å². The van der Waals surface area contributed by atoms with E-state index < -0.39 is 23.5 Å². The highest BCUT2D eigenvalue weighted by atomic mass is 35.5. The molecule has 8 heteroatoms. The molecule has 2 aromatic carbocycles. The second-order valence-electron chi connectivity index (χ2n) is 6.11. The Hall–Kier alpha value is -2.54. The summed E-state index contributed by atoms with van der Waals surface area (Å²) < 4.78 is 76.5. The minimum absolute atomic E-state index is 0.0907. The van der Waals surface area contributed by atoms with Crippen molar-refractivity contribution in [2.24, 2.45) is 0 Å². The van der Waals surface area contributed by atoms with Crippen molar-refractivity contribution in [3.05, 3.63) is 76.6 Å². The normalized spacial score (nSPS) is 12.3. The van der Waals surface area contributed by atoms with Gasteiger partial charge in [-0.2, -0.15) is 26.3 Å². The molecule has 0 radical (unpaired) electrons. The molecule has 0 saturated heterocycles. The van der Waals surface area contributed by atoms with E-state index in [1.54, 1.807) is 13.0 Å². The van der Waals surface area contributed by atoms with Gasteiger partial charge in [0, 0.05) is 16.8 Å². The van der Waals surface area contributed by atoms with Crippen molar-refractivity contribution in [1.82, 2.24) is 4.98 Å². The van der Waals surface area contributed by atoms with E-state index in [0.29, 0.717) is 27.9 Å². The summed E-state index contributed by atoms with van der Waals surface area (Å²) in [6.45, 7) is 1.65. The molecule has 0 N–H and O–H groups in total. The second-order valence-corrected chi connectivity index (χ2v) is 6.47. The van der Waals surface area contributed by atoms with E-state index >= 15 is 0 Å². The standard InChI is InChI=1S/C20H12ClF6N/c1-11-16(12-2-6-14(7-3-12)19(22,23)24)10-17(18(21)28-11)13-4-8-15(9-5-13)20(25,26)27/h2-10H,1H3. The molecule has 28 heavy (non-hydrogen) atoms. The predicted octanol–water partition coefficient (Wildman–Crippen LogP) is 7.42. The van der Waals surface area contributed by atoms with Crippen LogP contribution in [0, 0.1) is 6.92 Å². The van der Waals surface area contributed by atoms with Crippen LogP contribution in [0.25, 0.3) is 22.3 Å². The molecule has 0 unspecified atom stereocenters. The Morgan fingerprint density at radius 2 is 1.07 bits per heavy atom. The Morgan fingerprint density at radius 3 is 1.46 bits per heavy atom. The summed E-state index contributed by atoms with van der Waals surface area (Å²) in [4.78, 5) is 4.19. The monoisotopic (exact) mass is 415 g/mol. The summed E-state index contributed by atoms with van der Waals surface area (Å²) in [5, 5.41) is 0.0907. The number of rotatable bonds is 2. The minimum atomic E-state index is -4.46. The number of halogens is 7. The molecule has 3 rings (SSSR count). The van der Waals surface area contributed by atoms with E-state index in [4.69, 9.17) is 11.6 Å². The quantitative estimate of drug-likeness (QED) is 0.313. The number of nitrogens with zero attached hydrogens (tertiary/aromatic N) is 1. The first kappa shape index (κ1) is 20.2. The molecule has 0 spiro atoms. The SMILES string of the molecule is Cc1nc(Cl)c(-c2ccc(C(F)(F)F)cc2)cc1-c1ccc(C(F)(F)F)cc1. The molecule has 0 aliphatic heterocycles. The maximum absolute atomic E-state index is 12.7. The van der Waals surface area contributed by atoms with Crippen LogP contribution in [0.15, 0.2) is 54.6 Å². The average molecular weight is 416 g/mol. The zero-order chi connectivity index (χ0) is 20.7. The van der Waals surface area contributed by atoms with Crippen LogP contribution < -0.4 is 0 Å². The smallest absolute Gasteiger partial charge is 0.240 e. The highest BCUT2D eigenvalue weighted by Crippen LogP contribution is 2.36. The van der Waals surface area contributed by atoms with E-state index in [1.165, 1.54) is 24.3 Å². The first-order valence-corrected chi connectivity index (χ1v) is 8.37. The van der Waals surface area contributed by atoms with Crippen LogP contribution in [0.5, 0.6) is 0 Å². The largest absolute Gasteiger partial charge is 0.416 e. The molecule has 146 valence electrons. The van der Waals surface area contributed by atoms with Gasteiger partial charge in [0.15, 0.2) is 0 Å². The first-order chi connectivity index (χ1) is 13.0. The maximum Gasteiger partial charge on any atom is 0.416 e. The second kappa shape index (κ2) is 7.13. The molecule has 0 saturated carbocycles. The third kappa shape index (κ3) is 4.14. The fourth-order valence-electron chi connectivity index (χ4n) is 2.75. The summed E-state index contributed by atoms with van der Waals surface area (Å²) in [5.41, 5.74) is 0.736. The molecule has 1 heterocycles. The van der Waals surface area contributed by atoms with Crippen LogP contribution >= 0.6 is 11.6 Å². The summed E-state index contributed by atoms with van der Waals surface area (Å²) in [6.07, 6.45) is -8.91. The Kier molecular flexibility index (Phi) is 5.14. The Morgan fingerprint density at radius 1 is 0.679 bits per heavy atom. The Balaban J connectivity index is 2.04. The Labute approximate surface area is 161 Å². The fraction of sp³-hybridized carbons (Fsp3) is 0.150. The molecule has 1 aromatic heterocycles. The number of aromatic nitrogens is 1. The Bertz CT molecular complexity index is 911. The number of pyridine rings is 1. The zero-order valence-corrected chi connectivity index (χ0v) is 15.0. The van der Waals surface area contributed by atoms with Crippen molar-refractivity contribution in [3.63, 3.8) is 0 Å². The van der Waals surface area contributed by atoms with Crippen molar-refractivity contribution in [2.45, 2.75) is 19.3 Å². The number of alkyl halides is 6. The van der Waals surface area contributed by atoms with E-state index in [1.807, 2.05) is 0 Å². The van der Waals surface area contributed by atoms with Crippen LogP contribution in [0.4, 0.5) is 26.3 Å².